The Morgan fingerprint density at radius 3 is 2.88 bits per heavy atom. The lowest BCUT2D eigenvalue weighted by Crippen LogP contribution is -2.53. The van der Waals surface area contributed by atoms with E-state index < -0.39 is 0 Å². The molecular formula is C11H15BrN2O2. The van der Waals surface area contributed by atoms with Crippen LogP contribution in [0.2, 0.25) is 0 Å². The Balaban J connectivity index is 2.03. The molecule has 0 bridgehead atoms. The molecule has 1 unspecified atom stereocenters. The van der Waals surface area contributed by atoms with Crippen LogP contribution in [0.1, 0.15) is 12.7 Å². The first-order valence-corrected chi connectivity index (χ1v) is 6.10. The van der Waals surface area contributed by atoms with Crippen LogP contribution in [0.25, 0.3) is 0 Å². The topological polar surface area (TPSA) is 36.7 Å². The summed E-state index contributed by atoms with van der Waals surface area (Å²) in [5, 5.41) is 0. The fourth-order valence-electron chi connectivity index (χ4n) is 1.91. The van der Waals surface area contributed by atoms with E-state index in [1.807, 2.05) is 26.1 Å². The smallest absolute Gasteiger partial charge is 0.239 e. The number of piperazine rings is 1. The van der Waals surface area contributed by atoms with Gasteiger partial charge in [-0.1, -0.05) is 0 Å². The molecule has 0 spiro atoms. The van der Waals surface area contributed by atoms with Gasteiger partial charge in [-0.05, 0) is 35.0 Å². The lowest BCUT2D eigenvalue weighted by molar-refractivity contribution is -0.139. The summed E-state index contributed by atoms with van der Waals surface area (Å²) >= 11 is 3.27. The number of rotatable bonds is 2. The Labute approximate surface area is 103 Å². The van der Waals surface area contributed by atoms with Crippen molar-refractivity contribution in [2.45, 2.75) is 19.5 Å². The van der Waals surface area contributed by atoms with Crippen LogP contribution in [0, 0.1) is 0 Å². The first-order chi connectivity index (χ1) is 7.58. The van der Waals surface area contributed by atoms with E-state index in [0.29, 0.717) is 6.54 Å². The second-order valence-corrected chi connectivity index (χ2v) is 4.89. The normalized spacial score (nSPS) is 22.8. The fourth-order valence-corrected chi connectivity index (χ4v) is 2.25. The van der Waals surface area contributed by atoms with Crippen LogP contribution in [-0.4, -0.2) is 41.9 Å². The lowest BCUT2D eigenvalue weighted by Gasteiger charge is -2.36. The Hall–Kier alpha value is -0.810. The van der Waals surface area contributed by atoms with Crippen LogP contribution in [0.3, 0.4) is 0 Å². The zero-order valence-corrected chi connectivity index (χ0v) is 11.0. The third-order valence-corrected chi connectivity index (χ3v) is 3.42. The van der Waals surface area contributed by atoms with E-state index >= 15 is 0 Å². The summed E-state index contributed by atoms with van der Waals surface area (Å²) in [6.45, 7) is 4.30. The number of hydrogen-bond donors (Lipinski definition) is 0. The molecule has 88 valence electrons. The number of carbonyl (C=O) groups is 1. The molecule has 2 rings (SSSR count). The predicted molar refractivity (Wildman–Crippen MR) is 63.9 cm³/mol. The zero-order valence-electron chi connectivity index (χ0n) is 9.44. The number of nitrogens with zero attached hydrogens (tertiary/aromatic N) is 2. The molecule has 5 heteroatoms. The highest BCUT2D eigenvalue weighted by Gasteiger charge is 2.29. The minimum atomic E-state index is -0.0670. The summed E-state index contributed by atoms with van der Waals surface area (Å²) in [7, 11) is 1.85. The van der Waals surface area contributed by atoms with Gasteiger partial charge in [0.2, 0.25) is 5.91 Å². The summed E-state index contributed by atoms with van der Waals surface area (Å²) in [6, 6.07) is 3.74. The van der Waals surface area contributed by atoms with E-state index in [1.54, 1.807) is 4.90 Å². The SMILES string of the molecule is CC1C(=O)N(C)CCN1Cc1ccc(Br)o1. The lowest BCUT2D eigenvalue weighted by atomic mass is 10.2. The van der Waals surface area contributed by atoms with Gasteiger partial charge in [-0.3, -0.25) is 9.69 Å². The largest absolute Gasteiger partial charge is 0.453 e. The monoisotopic (exact) mass is 286 g/mol. The van der Waals surface area contributed by atoms with E-state index in [2.05, 4.69) is 20.8 Å². The highest BCUT2D eigenvalue weighted by atomic mass is 79.9. The van der Waals surface area contributed by atoms with Crippen molar-refractivity contribution in [1.82, 2.24) is 9.80 Å². The molecule has 0 saturated carbocycles. The van der Waals surface area contributed by atoms with Gasteiger partial charge < -0.3 is 9.32 Å². The Kier molecular flexibility index (Phi) is 3.35. The van der Waals surface area contributed by atoms with Crippen LogP contribution >= 0.6 is 15.9 Å². The van der Waals surface area contributed by atoms with Gasteiger partial charge in [0.1, 0.15) is 5.76 Å². The maximum atomic E-state index is 11.8. The van der Waals surface area contributed by atoms with Crippen LogP contribution in [0.15, 0.2) is 21.2 Å². The molecular weight excluding hydrogens is 272 g/mol. The number of likely N-dealkylation sites (N-methyl/N-ethyl adjacent to an activating group) is 1. The number of amides is 1. The third-order valence-electron chi connectivity index (χ3n) is 2.99. The standard InChI is InChI=1S/C11H15BrN2O2/c1-8-11(15)13(2)5-6-14(8)7-9-3-4-10(12)16-9/h3-4,8H,5-7H2,1-2H3. The molecule has 0 radical (unpaired) electrons. The summed E-state index contributed by atoms with van der Waals surface area (Å²) < 4.78 is 6.18. The summed E-state index contributed by atoms with van der Waals surface area (Å²) in [4.78, 5) is 15.7. The van der Waals surface area contributed by atoms with Crippen LogP contribution in [0.5, 0.6) is 0 Å². The van der Waals surface area contributed by atoms with Crippen molar-refractivity contribution in [3.8, 4) is 0 Å². The molecule has 1 saturated heterocycles. The summed E-state index contributed by atoms with van der Waals surface area (Å²) in [6.07, 6.45) is 0. The maximum absolute atomic E-state index is 11.8. The van der Waals surface area contributed by atoms with Crippen molar-refractivity contribution < 1.29 is 9.21 Å². The average molecular weight is 287 g/mol. The molecule has 2 heterocycles. The number of hydrogen-bond acceptors (Lipinski definition) is 3. The Morgan fingerprint density at radius 2 is 2.25 bits per heavy atom. The van der Waals surface area contributed by atoms with Gasteiger partial charge in [-0.25, -0.2) is 0 Å². The molecule has 0 aliphatic carbocycles. The van der Waals surface area contributed by atoms with Crippen LogP contribution in [0.4, 0.5) is 0 Å². The Morgan fingerprint density at radius 1 is 1.50 bits per heavy atom. The van der Waals surface area contributed by atoms with Gasteiger partial charge in [-0.2, -0.15) is 0 Å². The quantitative estimate of drug-likeness (QED) is 0.831. The molecule has 4 nitrogen and oxygen atoms in total. The second kappa shape index (κ2) is 4.59. The van der Waals surface area contributed by atoms with E-state index in [9.17, 15) is 4.79 Å². The highest BCUT2D eigenvalue weighted by Crippen LogP contribution is 2.18. The van der Waals surface area contributed by atoms with E-state index in [1.165, 1.54) is 0 Å². The van der Waals surface area contributed by atoms with Gasteiger partial charge in [0.25, 0.3) is 0 Å². The first kappa shape index (κ1) is 11.7. The molecule has 1 aromatic heterocycles. The van der Waals surface area contributed by atoms with Crippen LogP contribution < -0.4 is 0 Å². The molecule has 1 amide bonds. The Bertz CT molecular complexity index is 391. The van der Waals surface area contributed by atoms with Crippen molar-refractivity contribution in [2.75, 3.05) is 20.1 Å². The van der Waals surface area contributed by atoms with Gasteiger partial charge in [0.15, 0.2) is 4.67 Å². The number of furan rings is 1. The zero-order chi connectivity index (χ0) is 11.7. The second-order valence-electron chi connectivity index (χ2n) is 4.11. The minimum absolute atomic E-state index is 0.0670. The predicted octanol–water partition coefficient (Wildman–Crippen LogP) is 1.70. The van der Waals surface area contributed by atoms with E-state index in [4.69, 9.17) is 4.42 Å². The number of carbonyl (C=O) groups excluding carboxylic acids is 1. The molecule has 1 aliphatic heterocycles. The van der Waals surface area contributed by atoms with Crippen molar-refractivity contribution in [3.05, 3.63) is 22.6 Å². The van der Waals surface area contributed by atoms with Crippen LogP contribution in [-0.2, 0) is 11.3 Å². The number of halogens is 1. The van der Waals surface area contributed by atoms with E-state index in [-0.39, 0.29) is 11.9 Å². The van der Waals surface area contributed by atoms with Crippen molar-refractivity contribution in [1.29, 1.82) is 0 Å². The van der Waals surface area contributed by atoms with Gasteiger partial charge >= 0.3 is 0 Å². The molecule has 1 aromatic rings. The van der Waals surface area contributed by atoms with Crippen molar-refractivity contribution in [2.24, 2.45) is 0 Å². The molecule has 0 aromatic carbocycles. The molecule has 0 N–H and O–H groups in total. The third kappa shape index (κ3) is 2.30. The molecule has 1 atom stereocenters. The fraction of sp³-hybridized carbons (Fsp3) is 0.545. The average Bonchev–Trinajstić information content (AvgIpc) is 2.65. The summed E-state index contributed by atoms with van der Waals surface area (Å²) in [5.41, 5.74) is 0. The van der Waals surface area contributed by atoms with E-state index in [0.717, 1.165) is 23.5 Å². The highest BCUT2D eigenvalue weighted by molar-refractivity contribution is 9.10. The molecule has 16 heavy (non-hydrogen) atoms. The first-order valence-electron chi connectivity index (χ1n) is 5.31. The molecule has 1 fully saturated rings. The van der Waals surface area contributed by atoms with Gasteiger partial charge in [0, 0.05) is 20.1 Å². The minimum Gasteiger partial charge on any atom is -0.453 e. The van der Waals surface area contributed by atoms with Gasteiger partial charge in [0.05, 0.1) is 12.6 Å². The molecule has 1 aliphatic rings. The van der Waals surface area contributed by atoms with Crippen molar-refractivity contribution >= 4 is 21.8 Å². The summed E-state index contributed by atoms with van der Waals surface area (Å²) in [5.74, 6) is 1.06. The maximum Gasteiger partial charge on any atom is 0.239 e. The van der Waals surface area contributed by atoms with Crippen molar-refractivity contribution in [3.63, 3.8) is 0 Å². The van der Waals surface area contributed by atoms with Gasteiger partial charge in [-0.15, -0.1) is 0 Å².